The molecule has 0 bridgehead atoms. The van der Waals surface area contributed by atoms with Crippen LogP contribution in [0.4, 0.5) is 0 Å². The lowest BCUT2D eigenvalue weighted by Gasteiger charge is -2.21. The molecule has 1 heterocycles. The van der Waals surface area contributed by atoms with Gasteiger partial charge >= 0.3 is 0 Å². The van der Waals surface area contributed by atoms with Gasteiger partial charge in [-0.05, 0) is 38.3 Å². The van der Waals surface area contributed by atoms with Crippen molar-refractivity contribution in [3.8, 4) is 0 Å². The fourth-order valence-electron chi connectivity index (χ4n) is 2.74. The van der Waals surface area contributed by atoms with Crippen molar-refractivity contribution in [1.29, 1.82) is 0 Å². The van der Waals surface area contributed by atoms with E-state index in [4.69, 9.17) is 4.74 Å². The molecule has 116 valence electrons. The molecule has 0 fully saturated rings. The average Bonchev–Trinajstić information content (AvgIpc) is 2.81. The van der Waals surface area contributed by atoms with Crippen molar-refractivity contribution in [3.63, 3.8) is 0 Å². The van der Waals surface area contributed by atoms with Crippen LogP contribution in [0, 0.1) is 5.92 Å². The topological polar surface area (TPSA) is 39.1 Å². The normalized spacial score (nSPS) is 14.4. The largest absolute Gasteiger partial charge is 0.384 e. The minimum atomic E-state index is 0.497. The number of nitrogens with zero attached hydrogens (tertiary/aromatic N) is 2. The van der Waals surface area contributed by atoms with Crippen molar-refractivity contribution in [2.75, 3.05) is 20.3 Å². The first-order valence-electron chi connectivity index (χ1n) is 7.92. The van der Waals surface area contributed by atoms with Crippen LogP contribution in [-0.2, 0) is 24.1 Å². The Morgan fingerprint density at radius 3 is 2.65 bits per heavy atom. The molecule has 1 rings (SSSR count). The Morgan fingerprint density at radius 1 is 1.35 bits per heavy atom. The fourth-order valence-corrected chi connectivity index (χ4v) is 2.74. The lowest BCUT2D eigenvalue weighted by atomic mass is 9.98. The number of aromatic nitrogens is 2. The molecule has 1 N–H and O–H groups in total. The zero-order valence-electron chi connectivity index (χ0n) is 13.8. The molecule has 0 spiro atoms. The Balaban J connectivity index is 2.71. The zero-order valence-corrected chi connectivity index (χ0v) is 13.8. The van der Waals surface area contributed by atoms with Crippen LogP contribution in [-0.4, -0.2) is 36.1 Å². The van der Waals surface area contributed by atoms with Crippen LogP contribution in [0.5, 0.6) is 0 Å². The minimum absolute atomic E-state index is 0.497. The molecule has 0 aromatic carbocycles. The van der Waals surface area contributed by atoms with Gasteiger partial charge in [0.15, 0.2) is 0 Å². The maximum absolute atomic E-state index is 5.25. The van der Waals surface area contributed by atoms with Crippen LogP contribution < -0.4 is 5.32 Å². The summed E-state index contributed by atoms with van der Waals surface area (Å²) in [6.45, 7) is 11.5. The number of aryl methyl sites for hydroxylation is 2. The molecule has 20 heavy (non-hydrogen) atoms. The van der Waals surface area contributed by atoms with Crippen LogP contribution in [0.1, 0.15) is 45.5 Å². The molecule has 0 saturated carbocycles. The van der Waals surface area contributed by atoms with E-state index in [-0.39, 0.29) is 0 Å². The summed E-state index contributed by atoms with van der Waals surface area (Å²) >= 11 is 0. The Bertz CT molecular complexity index is 376. The number of likely N-dealkylation sites (N-methyl/N-ethyl adjacent to an activating group) is 1. The molecule has 0 aliphatic heterocycles. The zero-order chi connectivity index (χ0) is 15.0. The average molecular weight is 281 g/mol. The molecule has 0 saturated heterocycles. The third kappa shape index (κ3) is 5.25. The van der Waals surface area contributed by atoms with Crippen molar-refractivity contribution >= 4 is 0 Å². The monoisotopic (exact) mass is 281 g/mol. The summed E-state index contributed by atoms with van der Waals surface area (Å²) in [4.78, 5) is 0. The molecule has 2 atom stereocenters. The Morgan fingerprint density at radius 2 is 2.10 bits per heavy atom. The summed E-state index contributed by atoms with van der Waals surface area (Å²) in [6.07, 6.45) is 3.19. The Hall–Kier alpha value is -0.870. The van der Waals surface area contributed by atoms with Gasteiger partial charge in [-0.25, -0.2) is 0 Å². The highest BCUT2D eigenvalue weighted by Crippen LogP contribution is 2.14. The van der Waals surface area contributed by atoms with Crippen molar-refractivity contribution in [1.82, 2.24) is 15.1 Å². The molecule has 2 unspecified atom stereocenters. The molecule has 4 heteroatoms. The number of nitrogens with one attached hydrogen (secondary N) is 1. The molecule has 0 aliphatic carbocycles. The smallest absolute Gasteiger partial charge is 0.0624 e. The van der Waals surface area contributed by atoms with Crippen LogP contribution in [0.25, 0.3) is 0 Å². The van der Waals surface area contributed by atoms with Gasteiger partial charge in [0, 0.05) is 38.4 Å². The number of hydrogen-bond donors (Lipinski definition) is 1. The lowest BCUT2D eigenvalue weighted by Crippen LogP contribution is -2.34. The molecule has 0 amide bonds. The molecular formula is C16H31N3O. The van der Waals surface area contributed by atoms with E-state index >= 15 is 0 Å². The van der Waals surface area contributed by atoms with Gasteiger partial charge in [-0.1, -0.05) is 20.8 Å². The van der Waals surface area contributed by atoms with E-state index < -0.39 is 0 Å². The molecule has 1 aromatic rings. The summed E-state index contributed by atoms with van der Waals surface area (Å²) in [6, 6.07) is 2.76. The third-order valence-corrected chi connectivity index (χ3v) is 3.66. The fraction of sp³-hybridized carbons (Fsp3) is 0.812. The van der Waals surface area contributed by atoms with E-state index in [1.165, 1.54) is 11.4 Å². The second-order valence-electron chi connectivity index (χ2n) is 5.55. The van der Waals surface area contributed by atoms with E-state index in [0.717, 1.165) is 39.0 Å². The quantitative estimate of drug-likeness (QED) is 0.716. The first-order valence-corrected chi connectivity index (χ1v) is 7.92. The van der Waals surface area contributed by atoms with Gasteiger partial charge in [-0.15, -0.1) is 0 Å². The van der Waals surface area contributed by atoms with Gasteiger partial charge in [0.05, 0.1) is 5.69 Å². The maximum atomic E-state index is 5.25. The SMILES string of the molecule is CCNC(Cc1cc(CC)nn1CC)CC(C)COC. The third-order valence-electron chi connectivity index (χ3n) is 3.66. The first kappa shape index (κ1) is 17.2. The summed E-state index contributed by atoms with van der Waals surface area (Å²) in [7, 11) is 1.78. The predicted molar refractivity (Wildman–Crippen MR) is 84.1 cm³/mol. The van der Waals surface area contributed by atoms with E-state index in [9.17, 15) is 0 Å². The van der Waals surface area contributed by atoms with Crippen molar-refractivity contribution in [2.24, 2.45) is 5.92 Å². The molecule has 0 aliphatic rings. The van der Waals surface area contributed by atoms with Crippen molar-refractivity contribution in [2.45, 2.75) is 59.5 Å². The van der Waals surface area contributed by atoms with E-state index in [1.807, 2.05) is 0 Å². The number of hydrogen-bond acceptors (Lipinski definition) is 3. The van der Waals surface area contributed by atoms with Gasteiger partial charge in [-0.2, -0.15) is 5.10 Å². The Labute approximate surface area is 123 Å². The predicted octanol–water partition coefficient (Wildman–Crippen LogP) is 2.66. The van der Waals surface area contributed by atoms with Gasteiger partial charge in [0.1, 0.15) is 0 Å². The van der Waals surface area contributed by atoms with Crippen LogP contribution in [0.2, 0.25) is 0 Å². The van der Waals surface area contributed by atoms with Gasteiger partial charge in [0.2, 0.25) is 0 Å². The van der Waals surface area contributed by atoms with Gasteiger partial charge in [-0.3, -0.25) is 4.68 Å². The highest BCUT2D eigenvalue weighted by atomic mass is 16.5. The van der Waals surface area contributed by atoms with Crippen LogP contribution >= 0.6 is 0 Å². The first-order chi connectivity index (χ1) is 9.64. The second kappa shape index (κ2) is 9.14. The molecule has 0 radical (unpaired) electrons. The summed E-state index contributed by atoms with van der Waals surface area (Å²) in [5.41, 5.74) is 2.54. The highest BCUT2D eigenvalue weighted by molar-refractivity contribution is 5.12. The standard InChI is InChI=1S/C16H31N3O/c1-6-14-10-16(19(8-3)18-14)11-15(17-7-2)9-13(4)12-20-5/h10,13,15,17H,6-9,11-12H2,1-5H3. The summed E-state index contributed by atoms with van der Waals surface area (Å²) in [5, 5.41) is 8.24. The van der Waals surface area contributed by atoms with E-state index in [1.54, 1.807) is 7.11 Å². The molecular weight excluding hydrogens is 250 g/mol. The van der Waals surface area contributed by atoms with E-state index in [0.29, 0.717) is 12.0 Å². The van der Waals surface area contributed by atoms with Gasteiger partial charge in [0.25, 0.3) is 0 Å². The van der Waals surface area contributed by atoms with Crippen LogP contribution in [0.15, 0.2) is 6.07 Å². The van der Waals surface area contributed by atoms with Crippen molar-refractivity contribution in [3.05, 3.63) is 17.5 Å². The lowest BCUT2D eigenvalue weighted by molar-refractivity contribution is 0.149. The second-order valence-corrected chi connectivity index (χ2v) is 5.55. The van der Waals surface area contributed by atoms with Crippen LogP contribution in [0.3, 0.4) is 0 Å². The number of methoxy groups -OCH3 is 1. The minimum Gasteiger partial charge on any atom is -0.384 e. The summed E-state index contributed by atoms with van der Waals surface area (Å²) in [5.74, 6) is 0.577. The number of ether oxygens (including phenoxy) is 1. The maximum Gasteiger partial charge on any atom is 0.0624 e. The molecule has 1 aromatic heterocycles. The summed E-state index contributed by atoms with van der Waals surface area (Å²) < 4.78 is 7.40. The highest BCUT2D eigenvalue weighted by Gasteiger charge is 2.16. The van der Waals surface area contributed by atoms with E-state index in [2.05, 4.69) is 48.9 Å². The Kier molecular flexibility index (Phi) is 7.85. The van der Waals surface area contributed by atoms with Crippen molar-refractivity contribution < 1.29 is 4.74 Å². The number of rotatable bonds is 10. The molecule has 4 nitrogen and oxygen atoms in total. The van der Waals surface area contributed by atoms with Gasteiger partial charge < -0.3 is 10.1 Å².